The fraction of sp³-hybridized carbons (Fsp3) is 0.400. The molecule has 0 saturated heterocycles. The van der Waals surface area contributed by atoms with Crippen molar-refractivity contribution in [2.24, 2.45) is 0 Å². The molecule has 0 heterocycles. The van der Waals surface area contributed by atoms with Crippen LogP contribution in [-0.4, -0.2) is 35.6 Å². The molecule has 0 fully saturated rings. The van der Waals surface area contributed by atoms with Crippen LogP contribution in [0.4, 0.5) is 0 Å². The van der Waals surface area contributed by atoms with Gasteiger partial charge in [0.25, 0.3) is 5.91 Å². The van der Waals surface area contributed by atoms with Crippen molar-refractivity contribution < 1.29 is 9.90 Å². The molecular formula is C15H19NO2. The van der Waals surface area contributed by atoms with Gasteiger partial charge >= 0.3 is 0 Å². The predicted molar refractivity (Wildman–Crippen MR) is 72.3 cm³/mol. The lowest BCUT2D eigenvalue weighted by Crippen LogP contribution is -2.34. The van der Waals surface area contributed by atoms with Gasteiger partial charge in [0.15, 0.2) is 0 Å². The number of aliphatic hydroxyl groups excluding tert-OH is 1. The molecule has 1 unspecified atom stereocenters. The van der Waals surface area contributed by atoms with Crippen molar-refractivity contribution in [3.63, 3.8) is 0 Å². The molecule has 1 aromatic rings. The maximum atomic E-state index is 12.1. The summed E-state index contributed by atoms with van der Waals surface area (Å²) in [5.74, 6) is 5.39. The van der Waals surface area contributed by atoms with Crippen LogP contribution in [-0.2, 0) is 0 Å². The number of benzene rings is 1. The first-order valence-electron chi connectivity index (χ1n) is 6.07. The average Bonchev–Trinajstić information content (AvgIpc) is 2.43. The van der Waals surface area contributed by atoms with Gasteiger partial charge in [-0.2, -0.15) is 0 Å². The second-order valence-electron chi connectivity index (χ2n) is 4.21. The van der Waals surface area contributed by atoms with Gasteiger partial charge in [0.2, 0.25) is 0 Å². The van der Waals surface area contributed by atoms with Crippen LogP contribution in [0.5, 0.6) is 0 Å². The van der Waals surface area contributed by atoms with E-state index in [0.29, 0.717) is 5.56 Å². The highest BCUT2D eigenvalue weighted by molar-refractivity contribution is 5.94. The SMILES string of the molecule is CCC(C)N(C)C(=O)c1ccc(C#CCO)cc1. The van der Waals surface area contributed by atoms with E-state index < -0.39 is 0 Å². The first-order valence-corrected chi connectivity index (χ1v) is 6.07. The Hall–Kier alpha value is -1.79. The number of amides is 1. The molecular weight excluding hydrogens is 226 g/mol. The summed E-state index contributed by atoms with van der Waals surface area (Å²) in [5, 5.41) is 8.60. The topological polar surface area (TPSA) is 40.5 Å². The van der Waals surface area contributed by atoms with Crippen molar-refractivity contribution >= 4 is 5.91 Å². The Morgan fingerprint density at radius 2 is 2.00 bits per heavy atom. The van der Waals surface area contributed by atoms with Crippen LogP contribution in [0.1, 0.15) is 36.2 Å². The summed E-state index contributed by atoms with van der Waals surface area (Å²) in [6, 6.07) is 7.35. The lowest BCUT2D eigenvalue weighted by atomic mass is 10.1. The van der Waals surface area contributed by atoms with E-state index in [1.54, 1.807) is 29.2 Å². The van der Waals surface area contributed by atoms with E-state index in [1.165, 1.54) is 0 Å². The third-order valence-electron chi connectivity index (χ3n) is 3.02. The Bertz CT molecular complexity index is 454. The van der Waals surface area contributed by atoms with Crippen molar-refractivity contribution in [2.75, 3.05) is 13.7 Å². The second kappa shape index (κ2) is 6.83. The average molecular weight is 245 g/mol. The maximum absolute atomic E-state index is 12.1. The van der Waals surface area contributed by atoms with Gasteiger partial charge in [0.1, 0.15) is 6.61 Å². The largest absolute Gasteiger partial charge is 0.384 e. The molecule has 0 aliphatic carbocycles. The number of carbonyl (C=O) groups is 1. The van der Waals surface area contributed by atoms with Crippen molar-refractivity contribution in [2.45, 2.75) is 26.3 Å². The normalized spacial score (nSPS) is 11.3. The Kier molecular flexibility index (Phi) is 5.41. The molecule has 18 heavy (non-hydrogen) atoms. The molecule has 0 saturated carbocycles. The number of aliphatic hydroxyl groups is 1. The predicted octanol–water partition coefficient (Wildman–Crippen LogP) is 1.90. The van der Waals surface area contributed by atoms with Crippen molar-refractivity contribution in [1.29, 1.82) is 0 Å². The fourth-order valence-corrected chi connectivity index (χ4v) is 1.52. The van der Waals surface area contributed by atoms with Crippen LogP contribution in [0.25, 0.3) is 0 Å². The van der Waals surface area contributed by atoms with Gasteiger partial charge in [-0.25, -0.2) is 0 Å². The number of nitrogens with zero attached hydrogens (tertiary/aromatic N) is 1. The minimum absolute atomic E-state index is 0.0195. The minimum atomic E-state index is -0.155. The standard InChI is InChI=1S/C15H19NO2/c1-4-12(2)16(3)15(18)14-9-7-13(8-10-14)6-5-11-17/h7-10,12,17H,4,11H2,1-3H3. The maximum Gasteiger partial charge on any atom is 0.253 e. The van der Waals surface area contributed by atoms with Gasteiger partial charge in [-0.3, -0.25) is 4.79 Å². The molecule has 3 heteroatoms. The quantitative estimate of drug-likeness (QED) is 0.826. The fourth-order valence-electron chi connectivity index (χ4n) is 1.52. The zero-order valence-electron chi connectivity index (χ0n) is 11.1. The van der Waals surface area contributed by atoms with Crippen molar-refractivity contribution in [1.82, 2.24) is 4.90 Å². The van der Waals surface area contributed by atoms with Gasteiger partial charge in [-0.1, -0.05) is 18.8 Å². The first kappa shape index (κ1) is 14.3. The van der Waals surface area contributed by atoms with Crippen LogP contribution in [0, 0.1) is 11.8 Å². The Morgan fingerprint density at radius 3 is 2.50 bits per heavy atom. The van der Waals surface area contributed by atoms with E-state index in [4.69, 9.17) is 5.11 Å². The van der Waals surface area contributed by atoms with E-state index in [-0.39, 0.29) is 18.6 Å². The van der Waals surface area contributed by atoms with Gasteiger partial charge in [-0.15, -0.1) is 0 Å². The summed E-state index contributed by atoms with van der Waals surface area (Å²) in [7, 11) is 1.82. The minimum Gasteiger partial charge on any atom is -0.384 e. The van der Waals surface area contributed by atoms with Gasteiger partial charge in [0, 0.05) is 24.2 Å². The Labute approximate surface area is 108 Å². The Balaban J connectivity index is 2.82. The smallest absolute Gasteiger partial charge is 0.253 e. The highest BCUT2D eigenvalue weighted by Crippen LogP contribution is 2.09. The summed E-state index contributed by atoms with van der Waals surface area (Å²) in [6.07, 6.45) is 0.933. The molecule has 0 radical (unpaired) electrons. The van der Waals surface area contributed by atoms with Crippen LogP contribution in [0.2, 0.25) is 0 Å². The first-order chi connectivity index (χ1) is 8.60. The highest BCUT2D eigenvalue weighted by Gasteiger charge is 2.15. The van der Waals surface area contributed by atoms with Crippen LogP contribution < -0.4 is 0 Å². The molecule has 1 amide bonds. The summed E-state index contributed by atoms with van der Waals surface area (Å²) >= 11 is 0. The van der Waals surface area contributed by atoms with Crippen LogP contribution in [0.15, 0.2) is 24.3 Å². The van der Waals surface area contributed by atoms with Gasteiger partial charge < -0.3 is 10.0 Å². The van der Waals surface area contributed by atoms with Gasteiger partial charge in [0.05, 0.1) is 0 Å². The van der Waals surface area contributed by atoms with Crippen molar-refractivity contribution in [3.05, 3.63) is 35.4 Å². The van der Waals surface area contributed by atoms with Crippen LogP contribution in [0.3, 0.4) is 0 Å². The molecule has 96 valence electrons. The molecule has 1 atom stereocenters. The number of hydrogen-bond acceptors (Lipinski definition) is 2. The molecule has 0 aromatic heterocycles. The van der Waals surface area contributed by atoms with E-state index >= 15 is 0 Å². The summed E-state index contributed by atoms with van der Waals surface area (Å²) in [4.78, 5) is 13.9. The molecule has 1 rings (SSSR count). The summed E-state index contributed by atoms with van der Waals surface area (Å²) in [5.41, 5.74) is 1.46. The van der Waals surface area contributed by atoms with E-state index in [9.17, 15) is 4.79 Å². The monoisotopic (exact) mass is 245 g/mol. The number of rotatable bonds is 3. The second-order valence-corrected chi connectivity index (χ2v) is 4.21. The molecule has 0 aliphatic heterocycles. The molecule has 0 bridgehead atoms. The third-order valence-corrected chi connectivity index (χ3v) is 3.02. The lowest BCUT2D eigenvalue weighted by Gasteiger charge is -2.23. The highest BCUT2D eigenvalue weighted by atomic mass is 16.2. The van der Waals surface area contributed by atoms with Gasteiger partial charge in [-0.05, 0) is 37.6 Å². The molecule has 0 spiro atoms. The summed E-state index contributed by atoms with van der Waals surface area (Å²) < 4.78 is 0. The molecule has 1 aromatic carbocycles. The third kappa shape index (κ3) is 3.61. The summed E-state index contributed by atoms with van der Waals surface area (Å²) in [6.45, 7) is 3.93. The zero-order chi connectivity index (χ0) is 13.5. The van der Waals surface area contributed by atoms with E-state index in [2.05, 4.69) is 18.8 Å². The number of carbonyl (C=O) groups excluding carboxylic acids is 1. The molecule has 0 aliphatic rings. The lowest BCUT2D eigenvalue weighted by molar-refractivity contribution is 0.0740. The Morgan fingerprint density at radius 1 is 1.39 bits per heavy atom. The zero-order valence-corrected chi connectivity index (χ0v) is 11.1. The molecule has 3 nitrogen and oxygen atoms in total. The van der Waals surface area contributed by atoms with Crippen LogP contribution >= 0.6 is 0 Å². The van der Waals surface area contributed by atoms with Crippen molar-refractivity contribution in [3.8, 4) is 11.8 Å². The van der Waals surface area contributed by atoms with E-state index in [1.807, 2.05) is 14.0 Å². The van der Waals surface area contributed by atoms with E-state index in [0.717, 1.165) is 12.0 Å². The number of hydrogen-bond donors (Lipinski definition) is 1. The molecule has 1 N–H and O–H groups in total.